The maximum Gasteiger partial charge on any atom is 0.296 e. The molecule has 6 heteroatoms. The van der Waals surface area contributed by atoms with Gasteiger partial charge in [0.1, 0.15) is 11.6 Å². The summed E-state index contributed by atoms with van der Waals surface area (Å²) in [5, 5.41) is 0. The van der Waals surface area contributed by atoms with Crippen molar-refractivity contribution in [2.24, 2.45) is 0 Å². The molecular weight excluding hydrogens is 278 g/mol. The number of hydrogen-bond acceptors (Lipinski definition) is 3. The molecule has 0 aliphatic carbocycles. The minimum absolute atomic E-state index is 0.0589. The average Bonchev–Trinajstić information content (AvgIpc) is 2.42. The van der Waals surface area contributed by atoms with Crippen LogP contribution in [0.4, 0.5) is 8.78 Å². The fourth-order valence-corrected chi connectivity index (χ4v) is 1.79. The van der Waals surface area contributed by atoms with E-state index < -0.39 is 17.2 Å². The van der Waals surface area contributed by atoms with Gasteiger partial charge in [0.15, 0.2) is 0 Å². The molecule has 0 radical (unpaired) electrons. The van der Waals surface area contributed by atoms with Gasteiger partial charge in [-0.05, 0) is 25.5 Å². The minimum Gasteiger partial charge on any atom is -0.462 e. The molecule has 1 unspecified atom stereocenters. The molecule has 21 heavy (non-hydrogen) atoms. The van der Waals surface area contributed by atoms with E-state index in [9.17, 15) is 13.6 Å². The average molecular weight is 294 g/mol. The molecule has 0 amide bonds. The van der Waals surface area contributed by atoms with Crippen molar-refractivity contribution in [2.75, 3.05) is 0 Å². The Hall–Kier alpha value is -2.24. The Bertz CT molecular complexity index is 665. The van der Waals surface area contributed by atoms with Gasteiger partial charge in [-0.25, -0.2) is 13.8 Å². The van der Waals surface area contributed by atoms with Crippen LogP contribution < -0.4 is 10.3 Å². The van der Waals surface area contributed by atoms with Crippen LogP contribution in [-0.2, 0) is 6.42 Å². The highest BCUT2D eigenvalue weighted by atomic mass is 19.1. The number of rotatable bonds is 5. The molecule has 0 spiro atoms. The van der Waals surface area contributed by atoms with Crippen molar-refractivity contribution in [3.05, 3.63) is 57.5 Å². The third-order valence-corrected chi connectivity index (χ3v) is 3.08. The van der Waals surface area contributed by atoms with Gasteiger partial charge in [-0.1, -0.05) is 13.0 Å². The third-order valence-electron chi connectivity index (χ3n) is 3.08. The molecule has 1 aromatic heterocycles. The second kappa shape index (κ2) is 6.47. The summed E-state index contributed by atoms with van der Waals surface area (Å²) in [7, 11) is 0. The van der Waals surface area contributed by atoms with Crippen LogP contribution in [0.2, 0.25) is 0 Å². The van der Waals surface area contributed by atoms with Crippen LogP contribution in [0.1, 0.15) is 31.5 Å². The zero-order chi connectivity index (χ0) is 15.4. The van der Waals surface area contributed by atoms with Gasteiger partial charge in [0.25, 0.3) is 11.6 Å². The molecule has 2 aromatic rings. The predicted molar refractivity (Wildman–Crippen MR) is 74.4 cm³/mol. The van der Waals surface area contributed by atoms with Gasteiger partial charge in [0, 0.05) is 18.1 Å². The SMILES string of the molecule is CCC(C)Oc1nc(Cc2c(F)cccc2F)cc(=O)[nH]1. The number of aromatic amines is 1. The van der Waals surface area contributed by atoms with Crippen LogP contribution in [0, 0.1) is 11.6 Å². The van der Waals surface area contributed by atoms with Gasteiger partial charge in [-0.2, -0.15) is 0 Å². The molecule has 1 atom stereocenters. The standard InChI is InChI=1S/C15H16F2N2O2/c1-3-9(2)21-15-18-10(8-14(20)19-15)7-11-12(16)5-4-6-13(11)17/h4-6,8-9H,3,7H2,1-2H3,(H,18,19,20). The molecule has 0 saturated carbocycles. The molecule has 0 bridgehead atoms. The summed E-state index contributed by atoms with van der Waals surface area (Å²) in [4.78, 5) is 18.1. The lowest BCUT2D eigenvalue weighted by Gasteiger charge is -2.12. The topological polar surface area (TPSA) is 55.0 Å². The normalized spacial score (nSPS) is 12.2. The summed E-state index contributed by atoms with van der Waals surface area (Å²) in [6, 6.07) is 4.89. The summed E-state index contributed by atoms with van der Waals surface area (Å²) in [6.07, 6.45) is 0.517. The molecule has 112 valence electrons. The number of nitrogens with zero attached hydrogens (tertiary/aromatic N) is 1. The van der Waals surface area contributed by atoms with Gasteiger partial charge in [-0.3, -0.25) is 9.78 Å². The van der Waals surface area contributed by atoms with Gasteiger partial charge in [-0.15, -0.1) is 0 Å². The Labute approximate surface area is 120 Å². The first-order valence-electron chi connectivity index (χ1n) is 6.69. The highest BCUT2D eigenvalue weighted by Crippen LogP contribution is 2.16. The van der Waals surface area contributed by atoms with E-state index in [4.69, 9.17) is 4.74 Å². The van der Waals surface area contributed by atoms with E-state index in [-0.39, 0.29) is 29.8 Å². The summed E-state index contributed by atoms with van der Waals surface area (Å²) >= 11 is 0. The lowest BCUT2D eigenvalue weighted by Crippen LogP contribution is -2.17. The number of benzene rings is 1. The Morgan fingerprint density at radius 3 is 2.62 bits per heavy atom. The largest absolute Gasteiger partial charge is 0.462 e. The van der Waals surface area contributed by atoms with Crippen molar-refractivity contribution in [3.63, 3.8) is 0 Å². The zero-order valence-electron chi connectivity index (χ0n) is 11.8. The van der Waals surface area contributed by atoms with Crippen LogP contribution in [0.25, 0.3) is 0 Å². The van der Waals surface area contributed by atoms with Crippen molar-refractivity contribution in [3.8, 4) is 6.01 Å². The van der Waals surface area contributed by atoms with E-state index >= 15 is 0 Å². The number of halogens is 2. The van der Waals surface area contributed by atoms with Gasteiger partial charge in [0.2, 0.25) is 0 Å². The summed E-state index contributed by atoms with van der Waals surface area (Å²) < 4.78 is 32.7. The van der Waals surface area contributed by atoms with E-state index in [1.54, 1.807) is 0 Å². The van der Waals surface area contributed by atoms with Crippen molar-refractivity contribution in [1.82, 2.24) is 9.97 Å². The molecule has 1 aromatic carbocycles. The monoisotopic (exact) mass is 294 g/mol. The smallest absolute Gasteiger partial charge is 0.296 e. The lowest BCUT2D eigenvalue weighted by molar-refractivity contribution is 0.198. The first-order chi connectivity index (χ1) is 9.99. The predicted octanol–water partition coefficient (Wildman–Crippen LogP) is 2.82. The minimum atomic E-state index is -0.665. The summed E-state index contributed by atoms with van der Waals surface area (Å²) in [5.41, 5.74) is -0.291. The van der Waals surface area contributed by atoms with Crippen LogP contribution >= 0.6 is 0 Å². The maximum atomic E-state index is 13.6. The van der Waals surface area contributed by atoms with E-state index in [1.807, 2.05) is 13.8 Å². The second-order valence-electron chi connectivity index (χ2n) is 4.76. The fourth-order valence-electron chi connectivity index (χ4n) is 1.79. The van der Waals surface area contributed by atoms with Gasteiger partial charge >= 0.3 is 0 Å². The lowest BCUT2D eigenvalue weighted by atomic mass is 10.1. The molecular formula is C15H16F2N2O2. The Balaban J connectivity index is 2.30. The molecule has 0 saturated heterocycles. The van der Waals surface area contributed by atoms with Gasteiger partial charge < -0.3 is 4.74 Å². The Kier molecular flexibility index (Phi) is 4.67. The molecule has 1 N–H and O–H groups in total. The first-order valence-corrected chi connectivity index (χ1v) is 6.69. The van der Waals surface area contributed by atoms with E-state index in [0.717, 1.165) is 6.42 Å². The van der Waals surface area contributed by atoms with Crippen LogP contribution in [0.15, 0.2) is 29.1 Å². The summed E-state index contributed by atoms with van der Waals surface area (Å²) in [5.74, 6) is -1.33. The molecule has 1 heterocycles. The van der Waals surface area contributed by atoms with Crippen LogP contribution in [-0.4, -0.2) is 16.1 Å². The molecule has 2 rings (SSSR count). The second-order valence-corrected chi connectivity index (χ2v) is 4.76. The Morgan fingerprint density at radius 2 is 2.00 bits per heavy atom. The maximum absolute atomic E-state index is 13.6. The number of aromatic nitrogens is 2. The number of ether oxygens (including phenoxy) is 1. The van der Waals surface area contributed by atoms with Gasteiger partial charge in [0.05, 0.1) is 11.8 Å². The van der Waals surface area contributed by atoms with Crippen molar-refractivity contribution in [2.45, 2.75) is 32.8 Å². The third kappa shape index (κ3) is 3.87. The van der Waals surface area contributed by atoms with Crippen molar-refractivity contribution >= 4 is 0 Å². The quantitative estimate of drug-likeness (QED) is 0.922. The van der Waals surface area contributed by atoms with E-state index in [2.05, 4.69) is 9.97 Å². The highest BCUT2D eigenvalue weighted by molar-refractivity contribution is 5.25. The van der Waals surface area contributed by atoms with Crippen molar-refractivity contribution < 1.29 is 13.5 Å². The van der Waals surface area contributed by atoms with E-state index in [0.29, 0.717) is 0 Å². The number of nitrogens with one attached hydrogen (secondary N) is 1. The van der Waals surface area contributed by atoms with Crippen molar-refractivity contribution in [1.29, 1.82) is 0 Å². The van der Waals surface area contributed by atoms with Crippen LogP contribution in [0.3, 0.4) is 0 Å². The highest BCUT2D eigenvalue weighted by Gasteiger charge is 2.12. The summed E-state index contributed by atoms with van der Waals surface area (Å²) in [6.45, 7) is 3.77. The first kappa shape index (κ1) is 15.2. The molecule has 0 fully saturated rings. The number of hydrogen-bond donors (Lipinski definition) is 1. The molecule has 0 aliphatic rings. The molecule has 0 aliphatic heterocycles. The fraction of sp³-hybridized carbons (Fsp3) is 0.333. The Morgan fingerprint density at radius 1 is 1.33 bits per heavy atom. The zero-order valence-corrected chi connectivity index (χ0v) is 11.8. The molecule has 4 nitrogen and oxygen atoms in total. The van der Waals surface area contributed by atoms with Crippen LogP contribution in [0.5, 0.6) is 6.01 Å². The number of H-pyrrole nitrogens is 1. The van der Waals surface area contributed by atoms with E-state index in [1.165, 1.54) is 24.3 Å².